The molecule has 4 aliphatic rings. The average Bonchev–Trinajstić information content (AvgIpc) is 1.42. The smallest absolute Gasteiger partial charge is 0.190 e. The van der Waals surface area contributed by atoms with Crippen molar-refractivity contribution in [3.05, 3.63) is 200 Å². The van der Waals surface area contributed by atoms with Crippen molar-refractivity contribution in [3.8, 4) is 91.0 Å². The van der Waals surface area contributed by atoms with E-state index in [2.05, 4.69) is 45.3 Å². The van der Waals surface area contributed by atoms with E-state index in [1.807, 2.05) is 121 Å². The summed E-state index contributed by atoms with van der Waals surface area (Å²) in [5, 5.41) is 16.8. The number of aryl methyl sites for hydroxylation is 4. The SMILES string of the molecule is COc1cc(N=c2ccc3ncc(-c4cnn(C)c4)nc3n2CC2CCOC2)c(F)c(OC)c1.COc1cc(OC)c(F)c(N(CC2CCOC2)c2ccc3ncc(-c4cnn(C)c4)nc3n2)c1.COc1cc(OC)c(F)c(N(CC2CCOC2)c2ccc3ncc(-c4cnn(C)c4)nc3n2)c1.COc1cc(OC)c(F)c(N(CC2CCOC2)c2ccc3ncc(-c4cnn(C)c4)nc3n2)c1. The predicted molar refractivity (Wildman–Crippen MR) is 498 cm³/mol. The van der Waals surface area contributed by atoms with Gasteiger partial charge in [0.1, 0.15) is 73.7 Å². The highest BCUT2D eigenvalue weighted by Crippen LogP contribution is 2.43. The van der Waals surface area contributed by atoms with Crippen molar-refractivity contribution in [2.45, 2.75) is 32.2 Å². The molecule has 0 saturated carbocycles. The lowest BCUT2D eigenvalue weighted by atomic mass is 10.1. The Hall–Kier alpha value is -15.2. The molecule has 4 fully saturated rings. The molecule has 136 heavy (non-hydrogen) atoms. The van der Waals surface area contributed by atoms with Crippen molar-refractivity contribution in [1.29, 1.82) is 0 Å². The van der Waals surface area contributed by atoms with E-state index in [1.165, 1.54) is 81.1 Å². The molecule has 0 N–H and O–H groups in total. The molecule has 0 aliphatic carbocycles. The molecule has 20 rings (SSSR count). The van der Waals surface area contributed by atoms with Crippen molar-refractivity contribution >= 4 is 84.9 Å². The topological polar surface area (TPSA) is 351 Å². The zero-order chi connectivity index (χ0) is 94.6. The van der Waals surface area contributed by atoms with Crippen molar-refractivity contribution in [2.24, 2.45) is 56.9 Å². The highest BCUT2D eigenvalue weighted by atomic mass is 19.1. The molecular formula is C96H100F4N24O12. The van der Waals surface area contributed by atoms with Crippen LogP contribution in [0.2, 0.25) is 0 Å². The van der Waals surface area contributed by atoms with E-state index in [-0.39, 0.29) is 52.4 Å². The molecular weight excluding hydrogens is 1760 g/mol. The molecule has 704 valence electrons. The van der Waals surface area contributed by atoms with Crippen LogP contribution in [-0.2, 0) is 53.7 Å². The molecule has 4 aliphatic heterocycles. The van der Waals surface area contributed by atoms with Crippen LogP contribution in [-0.4, -0.2) is 228 Å². The number of anilines is 6. The van der Waals surface area contributed by atoms with E-state index in [4.69, 9.17) is 91.7 Å². The molecule has 4 atom stereocenters. The Bertz CT molecular complexity index is 6540. The van der Waals surface area contributed by atoms with Crippen molar-refractivity contribution in [1.82, 2.24) is 98.5 Å². The second kappa shape index (κ2) is 42.0. The van der Waals surface area contributed by atoms with E-state index in [9.17, 15) is 0 Å². The normalized spacial score (nSPS) is 15.8. The number of rotatable bonds is 27. The lowest BCUT2D eigenvalue weighted by Crippen LogP contribution is -2.27. The lowest BCUT2D eigenvalue weighted by molar-refractivity contribution is 0.182. The average molecular weight is 1860 g/mol. The summed E-state index contributed by atoms with van der Waals surface area (Å²) in [4.78, 5) is 61.6. The Morgan fingerprint density at radius 1 is 0.346 bits per heavy atom. The van der Waals surface area contributed by atoms with E-state index in [0.717, 1.165) is 54.5 Å². The fourth-order valence-corrected chi connectivity index (χ4v) is 16.2. The van der Waals surface area contributed by atoms with Crippen LogP contribution in [0.5, 0.6) is 46.0 Å². The number of pyridine rings is 4. The van der Waals surface area contributed by atoms with Crippen LogP contribution in [0.3, 0.4) is 0 Å². The van der Waals surface area contributed by atoms with Crippen LogP contribution in [0.25, 0.3) is 89.7 Å². The third kappa shape index (κ3) is 20.9. The molecule has 40 heteroatoms. The predicted octanol–water partition coefficient (Wildman–Crippen LogP) is 14.5. The molecule has 4 saturated heterocycles. The maximum atomic E-state index is 15.5. The number of aromatic nitrogens is 20. The molecule has 4 unspecified atom stereocenters. The number of hydrogen-bond acceptors (Lipinski definition) is 31. The van der Waals surface area contributed by atoms with Gasteiger partial charge < -0.3 is 76.1 Å². The number of hydrogen-bond donors (Lipinski definition) is 0. The molecule has 0 amide bonds. The van der Waals surface area contributed by atoms with Gasteiger partial charge in [0.2, 0.25) is 0 Å². The zero-order valence-corrected chi connectivity index (χ0v) is 76.9. The maximum Gasteiger partial charge on any atom is 0.190 e. The third-order valence-electron chi connectivity index (χ3n) is 23.5. The van der Waals surface area contributed by atoms with Gasteiger partial charge in [0.25, 0.3) is 0 Å². The summed E-state index contributed by atoms with van der Waals surface area (Å²) in [5.41, 5.74) is 12.3. The number of halogens is 4. The van der Waals surface area contributed by atoms with Gasteiger partial charge in [0, 0.05) is 200 Å². The second-order valence-electron chi connectivity index (χ2n) is 32.7. The Balaban J connectivity index is 0.000000126. The van der Waals surface area contributed by atoms with Gasteiger partial charge in [-0.1, -0.05) is 0 Å². The molecule has 0 bridgehead atoms. The van der Waals surface area contributed by atoms with Crippen LogP contribution >= 0.6 is 0 Å². The quantitative estimate of drug-likeness (QED) is 0.0432. The summed E-state index contributed by atoms with van der Waals surface area (Å²) in [6, 6.07) is 27.2. The number of benzene rings is 4. The Morgan fingerprint density at radius 2 is 0.654 bits per heavy atom. The molecule has 16 heterocycles. The molecule has 16 aromatic rings. The first-order valence-corrected chi connectivity index (χ1v) is 43.8. The van der Waals surface area contributed by atoms with Gasteiger partial charge in [0.15, 0.2) is 68.9 Å². The minimum atomic E-state index is -0.561. The van der Waals surface area contributed by atoms with Crippen LogP contribution in [0.15, 0.2) is 176 Å². The highest BCUT2D eigenvalue weighted by molar-refractivity contribution is 5.81. The largest absolute Gasteiger partial charge is 0.497 e. The van der Waals surface area contributed by atoms with Crippen molar-refractivity contribution < 1.29 is 74.4 Å². The van der Waals surface area contributed by atoms with Gasteiger partial charge in [-0.15, -0.1) is 0 Å². The van der Waals surface area contributed by atoms with Crippen LogP contribution < -0.4 is 58.1 Å². The lowest BCUT2D eigenvalue weighted by Gasteiger charge is -2.27. The molecule has 4 aromatic carbocycles. The minimum Gasteiger partial charge on any atom is -0.497 e. The van der Waals surface area contributed by atoms with Gasteiger partial charge in [-0.2, -0.15) is 20.4 Å². The van der Waals surface area contributed by atoms with E-state index < -0.39 is 23.3 Å². The van der Waals surface area contributed by atoms with Gasteiger partial charge in [-0.25, -0.2) is 57.4 Å². The first-order chi connectivity index (χ1) is 66.2. The summed E-state index contributed by atoms with van der Waals surface area (Å²) in [5.74, 6) is 2.85. The molecule has 0 radical (unpaired) electrons. The van der Waals surface area contributed by atoms with Gasteiger partial charge in [-0.05, 0) is 74.2 Å². The summed E-state index contributed by atoms with van der Waals surface area (Å²) in [6.45, 7) is 7.42. The first-order valence-electron chi connectivity index (χ1n) is 43.8. The Labute approximate surface area is 778 Å². The monoisotopic (exact) mass is 1860 g/mol. The number of methoxy groups -OCH3 is 8. The van der Waals surface area contributed by atoms with Gasteiger partial charge >= 0.3 is 0 Å². The fraction of sp³-hybridized carbons (Fsp3) is 0.333. The molecule has 0 spiro atoms. The van der Waals surface area contributed by atoms with Gasteiger partial charge in [0.05, 0.1) is 173 Å². The summed E-state index contributed by atoms with van der Waals surface area (Å²) in [6.07, 6.45) is 24.8. The van der Waals surface area contributed by atoms with Gasteiger partial charge in [-0.3, -0.25) is 38.7 Å². The standard InChI is InChI=1S/4C24H25FN6O3/c3*1-30-13-16(10-27-30)19-11-26-18-4-5-22(29-24(18)28-19)31(12-15-6-7-34-14-15)20-8-17(32-2)9-21(33-3)23(20)25;1-30-13-16(10-27-30)20-11-26-18-4-5-22(31(24(18)29-20)12-15-6-7-34-14-15)28-19-8-17(32-2)9-21(33-3)23(19)25/h4*4-5,8-11,13,15H,6-7,12,14H2,1-3H3. The van der Waals surface area contributed by atoms with E-state index in [0.29, 0.717) is 203 Å². The van der Waals surface area contributed by atoms with E-state index >= 15 is 17.6 Å². The van der Waals surface area contributed by atoms with Crippen LogP contribution in [0.1, 0.15) is 25.7 Å². The Kier molecular flexibility index (Phi) is 28.6. The second-order valence-corrected chi connectivity index (χ2v) is 32.7. The van der Waals surface area contributed by atoms with Crippen LogP contribution in [0.4, 0.5) is 57.8 Å². The highest BCUT2D eigenvalue weighted by Gasteiger charge is 2.32. The number of ether oxygens (including phenoxy) is 12. The number of nitrogens with zero attached hydrogens (tertiary/aromatic N) is 24. The van der Waals surface area contributed by atoms with Crippen LogP contribution in [0, 0.1) is 46.9 Å². The van der Waals surface area contributed by atoms with Crippen molar-refractivity contribution in [2.75, 3.05) is 144 Å². The third-order valence-corrected chi connectivity index (χ3v) is 23.5. The molecule has 12 aromatic heterocycles. The molecule has 36 nitrogen and oxygen atoms in total. The van der Waals surface area contributed by atoms with E-state index in [1.54, 1.807) is 92.6 Å². The maximum absolute atomic E-state index is 15.5. The summed E-state index contributed by atoms with van der Waals surface area (Å²) in [7, 11) is 19.2. The minimum absolute atomic E-state index is 0.0632. The zero-order valence-electron chi connectivity index (χ0n) is 76.9. The first kappa shape index (κ1) is 92.7. The number of fused-ring (bicyclic) bond motifs is 4. The fourth-order valence-electron chi connectivity index (χ4n) is 16.2. The summed E-state index contributed by atoms with van der Waals surface area (Å²) < 4.78 is 135. The Morgan fingerprint density at radius 3 is 0.963 bits per heavy atom. The van der Waals surface area contributed by atoms with Crippen molar-refractivity contribution in [3.63, 3.8) is 0 Å². The summed E-state index contributed by atoms with van der Waals surface area (Å²) >= 11 is 0.